The van der Waals surface area contributed by atoms with Crippen molar-refractivity contribution in [2.45, 2.75) is 25.3 Å². The number of hydrogen-bond donors (Lipinski definition) is 1. The summed E-state index contributed by atoms with van der Waals surface area (Å²) in [6.07, 6.45) is 3.46. The van der Waals surface area contributed by atoms with E-state index in [4.69, 9.17) is 5.11 Å². The van der Waals surface area contributed by atoms with Gasteiger partial charge in [0.05, 0.1) is 0 Å². The lowest BCUT2D eigenvalue weighted by molar-refractivity contribution is -0.142. The zero-order valence-corrected chi connectivity index (χ0v) is 10.1. The van der Waals surface area contributed by atoms with Gasteiger partial charge < -0.3 is 5.11 Å². The maximum absolute atomic E-state index is 11.8. The number of hydrogen-bond acceptors (Lipinski definition) is 4. The Morgan fingerprint density at radius 1 is 1.44 bits per heavy atom. The molecule has 1 saturated heterocycles. The standard InChI is InChI=1S/C13H16N2O3/c16-12(10-4-1-2-7-14-10)6-9-15-8-3-5-11(15)13(17)18/h1-2,4,7,11H,3,5-6,8-9H2,(H,17,18). The van der Waals surface area contributed by atoms with E-state index in [1.807, 2.05) is 4.90 Å². The first-order chi connectivity index (χ1) is 8.68. The van der Waals surface area contributed by atoms with Crippen molar-refractivity contribution in [3.63, 3.8) is 0 Å². The molecular formula is C13H16N2O3. The van der Waals surface area contributed by atoms with Gasteiger partial charge in [-0.15, -0.1) is 0 Å². The average Bonchev–Trinajstić information content (AvgIpc) is 2.85. The molecule has 0 aliphatic carbocycles. The fraction of sp³-hybridized carbons (Fsp3) is 0.462. The Morgan fingerprint density at radius 3 is 2.94 bits per heavy atom. The van der Waals surface area contributed by atoms with E-state index in [0.29, 0.717) is 25.1 Å². The molecule has 1 fully saturated rings. The molecule has 0 saturated carbocycles. The van der Waals surface area contributed by atoms with Crippen LogP contribution in [0.4, 0.5) is 0 Å². The zero-order valence-electron chi connectivity index (χ0n) is 10.1. The monoisotopic (exact) mass is 248 g/mol. The minimum absolute atomic E-state index is 0.0355. The predicted octanol–water partition coefficient (Wildman–Crippen LogP) is 1.20. The van der Waals surface area contributed by atoms with Gasteiger partial charge in [-0.1, -0.05) is 6.07 Å². The van der Waals surface area contributed by atoms with Gasteiger partial charge in [-0.2, -0.15) is 0 Å². The Labute approximate surface area is 105 Å². The van der Waals surface area contributed by atoms with Gasteiger partial charge in [-0.25, -0.2) is 0 Å². The molecule has 0 spiro atoms. The molecule has 0 amide bonds. The highest BCUT2D eigenvalue weighted by Crippen LogP contribution is 2.17. The number of Topliss-reactive ketones (excluding diaryl/α,β-unsaturated/α-hetero) is 1. The van der Waals surface area contributed by atoms with Crippen molar-refractivity contribution in [2.75, 3.05) is 13.1 Å². The predicted molar refractivity (Wildman–Crippen MR) is 65.4 cm³/mol. The number of aromatic nitrogens is 1. The van der Waals surface area contributed by atoms with E-state index in [1.54, 1.807) is 24.4 Å². The lowest BCUT2D eigenvalue weighted by Gasteiger charge is -2.20. The minimum Gasteiger partial charge on any atom is -0.480 e. The van der Waals surface area contributed by atoms with Crippen LogP contribution in [0.25, 0.3) is 0 Å². The second-order valence-corrected chi connectivity index (χ2v) is 4.42. The number of rotatable bonds is 5. The molecule has 1 aromatic heterocycles. The number of carboxylic acid groups (broad SMARTS) is 1. The molecule has 5 heteroatoms. The molecular weight excluding hydrogens is 232 g/mol. The molecule has 96 valence electrons. The summed E-state index contributed by atoms with van der Waals surface area (Å²) in [6.45, 7) is 1.25. The number of ketones is 1. The third-order valence-electron chi connectivity index (χ3n) is 3.23. The second kappa shape index (κ2) is 5.73. The second-order valence-electron chi connectivity index (χ2n) is 4.42. The number of carbonyl (C=O) groups excluding carboxylic acids is 1. The van der Waals surface area contributed by atoms with Gasteiger partial charge in [-0.05, 0) is 31.5 Å². The molecule has 5 nitrogen and oxygen atoms in total. The van der Waals surface area contributed by atoms with Gasteiger partial charge in [0.1, 0.15) is 11.7 Å². The molecule has 0 aromatic carbocycles. The van der Waals surface area contributed by atoms with Crippen LogP contribution >= 0.6 is 0 Å². The largest absolute Gasteiger partial charge is 0.480 e. The summed E-state index contributed by atoms with van der Waals surface area (Å²) in [4.78, 5) is 28.7. The van der Waals surface area contributed by atoms with Crippen molar-refractivity contribution in [3.8, 4) is 0 Å². The number of pyridine rings is 1. The van der Waals surface area contributed by atoms with Crippen LogP contribution in [-0.2, 0) is 4.79 Å². The average molecular weight is 248 g/mol. The van der Waals surface area contributed by atoms with Crippen LogP contribution in [0.2, 0.25) is 0 Å². The van der Waals surface area contributed by atoms with E-state index < -0.39 is 12.0 Å². The molecule has 0 bridgehead atoms. The number of aliphatic carboxylic acids is 1. The summed E-state index contributed by atoms with van der Waals surface area (Å²) in [5.41, 5.74) is 0.448. The molecule has 0 radical (unpaired) electrons. The Bertz CT molecular complexity index is 433. The van der Waals surface area contributed by atoms with E-state index in [1.165, 1.54) is 0 Å². The van der Waals surface area contributed by atoms with Crippen LogP contribution in [0.3, 0.4) is 0 Å². The molecule has 2 rings (SSSR count). The summed E-state index contributed by atoms with van der Waals surface area (Å²) in [6, 6.07) is 4.79. The molecule has 2 heterocycles. The van der Waals surface area contributed by atoms with Crippen molar-refractivity contribution in [1.29, 1.82) is 0 Å². The molecule has 1 N–H and O–H groups in total. The normalized spacial score (nSPS) is 19.9. The van der Waals surface area contributed by atoms with Crippen molar-refractivity contribution in [3.05, 3.63) is 30.1 Å². The lowest BCUT2D eigenvalue weighted by Crippen LogP contribution is -2.37. The minimum atomic E-state index is -0.794. The van der Waals surface area contributed by atoms with Crippen LogP contribution in [0.1, 0.15) is 29.8 Å². The Morgan fingerprint density at radius 2 is 2.28 bits per heavy atom. The van der Waals surface area contributed by atoms with Gasteiger partial charge in [0, 0.05) is 19.2 Å². The van der Waals surface area contributed by atoms with Crippen LogP contribution in [0, 0.1) is 0 Å². The van der Waals surface area contributed by atoms with Gasteiger partial charge >= 0.3 is 5.97 Å². The maximum atomic E-state index is 11.8. The summed E-state index contributed by atoms with van der Waals surface area (Å²) in [7, 11) is 0. The van der Waals surface area contributed by atoms with E-state index in [2.05, 4.69) is 4.98 Å². The highest BCUT2D eigenvalue weighted by atomic mass is 16.4. The first-order valence-corrected chi connectivity index (χ1v) is 6.09. The van der Waals surface area contributed by atoms with Gasteiger partial charge in [0.25, 0.3) is 0 Å². The van der Waals surface area contributed by atoms with E-state index in [9.17, 15) is 9.59 Å². The first kappa shape index (κ1) is 12.7. The third-order valence-corrected chi connectivity index (χ3v) is 3.23. The van der Waals surface area contributed by atoms with Crippen molar-refractivity contribution in [2.24, 2.45) is 0 Å². The van der Waals surface area contributed by atoms with E-state index >= 15 is 0 Å². The highest BCUT2D eigenvalue weighted by molar-refractivity contribution is 5.94. The Kier molecular flexibility index (Phi) is 4.04. The van der Waals surface area contributed by atoms with Crippen molar-refractivity contribution >= 4 is 11.8 Å². The lowest BCUT2D eigenvalue weighted by atomic mass is 10.1. The van der Waals surface area contributed by atoms with Gasteiger partial charge in [0.2, 0.25) is 0 Å². The van der Waals surface area contributed by atoms with Crippen LogP contribution in [0.15, 0.2) is 24.4 Å². The first-order valence-electron chi connectivity index (χ1n) is 6.09. The van der Waals surface area contributed by atoms with E-state index in [0.717, 1.165) is 13.0 Å². The fourth-order valence-corrected chi connectivity index (χ4v) is 2.27. The summed E-state index contributed by atoms with van der Waals surface area (Å²) >= 11 is 0. The Hall–Kier alpha value is -1.75. The number of carbonyl (C=O) groups is 2. The zero-order chi connectivity index (χ0) is 13.0. The molecule has 18 heavy (non-hydrogen) atoms. The van der Waals surface area contributed by atoms with Crippen molar-refractivity contribution in [1.82, 2.24) is 9.88 Å². The molecule has 1 aromatic rings. The molecule has 1 aliphatic heterocycles. The van der Waals surface area contributed by atoms with Gasteiger partial charge in [-0.3, -0.25) is 19.5 Å². The highest BCUT2D eigenvalue weighted by Gasteiger charge is 2.30. The Balaban J connectivity index is 1.88. The van der Waals surface area contributed by atoms with Crippen LogP contribution in [-0.4, -0.2) is 45.9 Å². The van der Waals surface area contributed by atoms with Crippen LogP contribution < -0.4 is 0 Å². The SMILES string of the molecule is O=C(CCN1CCCC1C(=O)O)c1ccccn1. The van der Waals surface area contributed by atoms with Crippen molar-refractivity contribution < 1.29 is 14.7 Å². The molecule has 1 atom stereocenters. The summed E-state index contributed by atoms with van der Waals surface area (Å²) < 4.78 is 0. The third kappa shape index (κ3) is 2.92. The summed E-state index contributed by atoms with van der Waals surface area (Å²) in [5, 5.41) is 9.03. The van der Waals surface area contributed by atoms with E-state index in [-0.39, 0.29) is 5.78 Å². The van der Waals surface area contributed by atoms with Crippen LogP contribution in [0.5, 0.6) is 0 Å². The number of carboxylic acids is 1. The van der Waals surface area contributed by atoms with Gasteiger partial charge in [0.15, 0.2) is 5.78 Å². The number of likely N-dealkylation sites (tertiary alicyclic amines) is 1. The molecule has 1 unspecified atom stereocenters. The number of nitrogens with zero attached hydrogens (tertiary/aromatic N) is 2. The topological polar surface area (TPSA) is 70.5 Å². The molecule has 1 aliphatic rings. The quantitative estimate of drug-likeness (QED) is 0.793. The fourth-order valence-electron chi connectivity index (χ4n) is 2.27. The smallest absolute Gasteiger partial charge is 0.320 e. The maximum Gasteiger partial charge on any atom is 0.320 e. The summed E-state index contributed by atoms with van der Waals surface area (Å²) in [5.74, 6) is -0.829.